The van der Waals surface area contributed by atoms with Crippen molar-refractivity contribution < 1.29 is 23.8 Å². The largest absolute Gasteiger partial charge is 0.466 e. The van der Waals surface area contributed by atoms with Gasteiger partial charge in [0.05, 0.1) is 26.1 Å². The van der Waals surface area contributed by atoms with Crippen molar-refractivity contribution in [2.24, 2.45) is 5.92 Å². The molecule has 0 N–H and O–H groups in total. The molecule has 0 aliphatic rings. The molecular formula is C24H46O5. The van der Waals surface area contributed by atoms with Crippen LogP contribution in [0.5, 0.6) is 0 Å². The van der Waals surface area contributed by atoms with Crippen LogP contribution in [0, 0.1) is 5.92 Å². The van der Waals surface area contributed by atoms with Crippen LogP contribution in [0.3, 0.4) is 0 Å². The fourth-order valence-corrected chi connectivity index (χ4v) is 3.25. The SMILES string of the molecule is CCCCCCCCCCCOC(=O)CCC(=O)OCC(CCCC)CCOC. The molecule has 1 unspecified atom stereocenters. The average molecular weight is 415 g/mol. The predicted octanol–water partition coefficient (Wildman–Crippen LogP) is 6.23. The summed E-state index contributed by atoms with van der Waals surface area (Å²) in [7, 11) is 1.68. The number of methoxy groups -OCH3 is 1. The molecular weight excluding hydrogens is 368 g/mol. The first kappa shape index (κ1) is 27.9. The molecule has 0 aliphatic carbocycles. The van der Waals surface area contributed by atoms with E-state index < -0.39 is 0 Å². The zero-order valence-corrected chi connectivity index (χ0v) is 19.3. The molecule has 0 aromatic heterocycles. The van der Waals surface area contributed by atoms with Gasteiger partial charge in [0, 0.05) is 13.7 Å². The minimum absolute atomic E-state index is 0.0986. The molecule has 0 aromatic carbocycles. The number of esters is 2. The van der Waals surface area contributed by atoms with Crippen molar-refractivity contribution in [3.63, 3.8) is 0 Å². The molecule has 29 heavy (non-hydrogen) atoms. The van der Waals surface area contributed by atoms with E-state index in [9.17, 15) is 9.59 Å². The Kier molecular flexibility index (Phi) is 20.8. The second-order valence-corrected chi connectivity index (χ2v) is 8.02. The van der Waals surface area contributed by atoms with Crippen molar-refractivity contribution in [1.29, 1.82) is 0 Å². The molecule has 0 heterocycles. The molecule has 0 spiro atoms. The lowest BCUT2D eigenvalue weighted by atomic mass is 10.00. The summed E-state index contributed by atoms with van der Waals surface area (Å²) in [5.41, 5.74) is 0. The molecule has 0 amide bonds. The maximum atomic E-state index is 11.9. The first-order valence-electron chi connectivity index (χ1n) is 11.9. The zero-order chi connectivity index (χ0) is 21.6. The third-order valence-electron chi connectivity index (χ3n) is 5.22. The van der Waals surface area contributed by atoms with Crippen molar-refractivity contribution >= 4 is 11.9 Å². The smallest absolute Gasteiger partial charge is 0.306 e. The van der Waals surface area contributed by atoms with Gasteiger partial charge in [-0.1, -0.05) is 78.1 Å². The minimum Gasteiger partial charge on any atom is -0.466 e. The van der Waals surface area contributed by atoms with Crippen molar-refractivity contribution in [2.75, 3.05) is 26.9 Å². The van der Waals surface area contributed by atoms with Gasteiger partial charge in [0.2, 0.25) is 0 Å². The fraction of sp³-hybridized carbons (Fsp3) is 0.917. The van der Waals surface area contributed by atoms with Crippen LogP contribution in [0.25, 0.3) is 0 Å². The highest BCUT2D eigenvalue weighted by atomic mass is 16.5. The van der Waals surface area contributed by atoms with Crippen molar-refractivity contribution in [2.45, 2.75) is 110 Å². The Labute approximate surface area is 179 Å². The third kappa shape index (κ3) is 20.0. The van der Waals surface area contributed by atoms with E-state index in [1.807, 2.05) is 0 Å². The molecule has 0 saturated heterocycles. The monoisotopic (exact) mass is 414 g/mol. The van der Waals surface area contributed by atoms with Crippen molar-refractivity contribution in [1.82, 2.24) is 0 Å². The van der Waals surface area contributed by atoms with Crippen molar-refractivity contribution in [3.8, 4) is 0 Å². The first-order chi connectivity index (χ1) is 14.1. The minimum atomic E-state index is -0.316. The van der Waals surface area contributed by atoms with Crippen LogP contribution in [0.2, 0.25) is 0 Å². The third-order valence-corrected chi connectivity index (χ3v) is 5.22. The molecule has 0 fully saturated rings. The van der Waals surface area contributed by atoms with E-state index in [4.69, 9.17) is 14.2 Å². The summed E-state index contributed by atoms with van der Waals surface area (Å²) < 4.78 is 15.7. The number of rotatable bonds is 21. The van der Waals surface area contributed by atoms with E-state index in [0.29, 0.717) is 25.7 Å². The van der Waals surface area contributed by atoms with E-state index in [2.05, 4.69) is 13.8 Å². The molecule has 172 valence electrons. The highest BCUT2D eigenvalue weighted by molar-refractivity contribution is 5.77. The van der Waals surface area contributed by atoms with Gasteiger partial charge in [0.25, 0.3) is 0 Å². The van der Waals surface area contributed by atoms with Gasteiger partial charge in [0.15, 0.2) is 0 Å². The van der Waals surface area contributed by atoms with E-state index in [0.717, 1.165) is 38.5 Å². The van der Waals surface area contributed by atoms with Gasteiger partial charge in [-0.2, -0.15) is 0 Å². The molecule has 0 rings (SSSR count). The maximum Gasteiger partial charge on any atom is 0.306 e. The molecule has 5 nitrogen and oxygen atoms in total. The lowest BCUT2D eigenvalue weighted by molar-refractivity contribution is -0.151. The van der Waals surface area contributed by atoms with E-state index in [1.165, 1.54) is 44.9 Å². The van der Waals surface area contributed by atoms with Crippen LogP contribution in [-0.4, -0.2) is 38.9 Å². The summed E-state index contributed by atoms with van der Waals surface area (Å²) in [6, 6.07) is 0. The second kappa shape index (κ2) is 21.6. The first-order valence-corrected chi connectivity index (χ1v) is 11.9. The van der Waals surface area contributed by atoms with Gasteiger partial charge in [-0.3, -0.25) is 9.59 Å². The van der Waals surface area contributed by atoms with Gasteiger partial charge in [-0.25, -0.2) is 0 Å². The zero-order valence-electron chi connectivity index (χ0n) is 19.3. The normalized spacial score (nSPS) is 12.0. The highest BCUT2D eigenvalue weighted by Gasteiger charge is 2.13. The van der Waals surface area contributed by atoms with Crippen LogP contribution < -0.4 is 0 Å². The van der Waals surface area contributed by atoms with Gasteiger partial charge >= 0.3 is 11.9 Å². The van der Waals surface area contributed by atoms with Crippen LogP contribution in [0.15, 0.2) is 0 Å². The quantitative estimate of drug-likeness (QED) is 0.165. The summed E-state index contributed by atoms with van der Waals surface area (Å²) in [5.74, 6) is -0.287. The van der Waals surface area contributed by atoms with E-state index in [-0.39, 0.29) is 24.8 Å². The van der Waals surface area contributed by atoms with Crippen LogP contribution in [0.1, 0.15) is 110 Å². The number of hydrogen-bond donors (Lipinski definition) is 0. The predicted molar refractivity (Wildman–Crippen MR) is 118 cm³/mol. The fourth-order valence-electron chi connectivity index (χ4n) is 3.25. The Balaban J connectivity index is 3.63. The van der Waals surface area contributed by atoms with E-state index >= 15 is 0 Å². The van der Waals surface area contributed by atoms with Gasteiger partial charge in [-0.05, 0) is 25.2 Å². The van der Waals surface area contributed by atoms with Crippen LogP contribution >= 0.6 is 0 Å². The molecule has 1 atom stereocenters. The Morgan fingerprint density at radius 1 is 0.655 bits per heavy atom. The Bertz CT molecular complexity index is 375. The van der Waals surface area contributed by atoms with Crippen molar-refractivity contribution in [3.05, 3.63) is 0 Å². The second-order valence-electron chi connectivity index (χ2n) is 8.02. The van der Waals surface area contributed by atoms with Gasteiger partial charge < -0.3 is 14.2 Å². The summed E-state index contributed by atoms with van der Waals surface area (Å²) in [4.78, 5) is 23.6. The van der Waals surface area contributed by atoms with Gasteiger partial charge in [-0.15, -0.1) is 0 Å². The topological polar surface area (TPSA) is 61.8 Å². The summed E-state index contributed by atoms with van der Waals surface area (Å²) in [6.07, 6.45) is 15.5. The number of carbonyl (C=O) groups excluding carboxylic acids is 2. The summed E-state index contributed by atoms with van der Waals surface area (Å²) >= 11 is 0. The lowest BCUT2D eigenvalue weighted by Crippen LogP contribution is -2.17. The number of hydrogen-bond acceptors (Lipinski definition) is 5. The Morgan fingerprint density at radius 3 is 1.79 bits per heavy atom. The number of ether oxygens (including phenoxy) is 3. The average Bonchev–Trinajstić information content (AvgIpc) is 2.73. The standard InChI is InChI=1S/C24H46O5/c1-4-6-8-9-10-11-12-13-14-19-28-23(25)16-17-24(26)29-21-22(15-7-5-2)18-20-27-3/h22H,4-21H2,1-3H3. The molecule has 0 bridgehead atoms. The number of unbranched alkanes of at least 4 members (excludes halogenated alkanes) is 9. The van der Waals surface area contributed by atoms with Crippen LogP contribution in [-0.2, 0) is 23.8 Å². The van der Waals surface area contributed by atoms with Crippen LogP contribution in [0.4, 0.5) is 0 Å². The van der Waals surface area contributed by atoms with E-state index in [1.54, 1.807) is 7.11 Å². The van der Waals surface area contributed by atoms with Gasteiger partial charge in [0.1, 0.15) is 0 Å². The molecule has 5 heteroatoms. The molecule has 0 saturated carbocycles. The molecule has 0 aromatic rings. The Hall–Kier alpha value is -1.10. The number of carbonyl (C=O) groups is 2. The highest BCUT2D eigenvalue weighted by Crippen LogP contribution is 2.14. The lowest BCUT2D eigenvalue weighted by Gasteiger charge is -2.16. The summed E-state index contributed by atoms with van der Waals surface area (Å²) in [5, 5.41) is 0. The Morgan fingerprint density at radius 2 is 1.21 bits per heavy atom. The molecule has 0 radical (unpaired) electrons. The molecule has 0 aliphatic heterocycles. The maximum absolute atomic E-state index is 11.9. The summed E-state index contributed by atoms with van der Waals surface area (Å²) in [6.45, 7) is 5.94.